The monoisotopic (exact) mass is 411 g/mol. The number of hydrogen-bond donors (Lipinski definition) is 3. The zero-order chi connectivity index (χ0) is 21.0. The van der Waals surface area contributed by atoms with Crippen LogP contribution < -0.4 is 16.0 Å². The van der Waals surface area contributed by atoms with Gasteiger partial charge in [0.2, 0.25) is 0 Å². The van der Waals surface area contributed by atoms with Crippen LogP contribution in [0.1, 0.15) is 29.9 Å². The van der Waals surface area contributed by atoms with Gasteiger partial charge in [0, 0.05) is 11.1 Å². The minimum atomic E-state index is -0.341. The molecular weight excluding hydrogens is 390 g/mol. The predicted octanol–water partition coefficient (Wildman–Crippen LogP) is 4.62. The molecule has 3 aromatic rings. The van der Waals surface area contributed by atoms with Crippen molar-refractivity contribution < 1.29 is 9.59 Å². The van der Waals surface area contributed by atoms with E-state index in [9.17, 15) is 9.59 Å². The van der Waals surface area contributed by atoms with Gasteiger partial charge in [-0.1, -0.05) is 29.8 Å². The average Bonchev–Trinajstić information content (AvgIpc) is 3.04. The van der Waals surface area contributed by atoms with Crippen molar-refractivity contribution in [3.8, 4) is 5.69 Å². The summed E-state index contributed by atoms with van der Waals surface area (Å²) < 4.78 is 1.65. The Morgan fingerprint density at radius 1 is 1.03 bits per heavy atom. The number of hydrogen-bond acceptors (Lipinski definition) is 3. The Bertz CT molecular complexity index is 1050. The Balaban J connectivity index is 1.81. The summed E-state index contributed by atoms with van der Waals surface area (Å²) in [6, 6.07) is 13.9. The third-order valence-corrected chi connectivity index (χ3v) is 4.39. The predicted molar refractivity (Wildman–Crippen MR) is 115 cm³/mol. The number of carbonyl (C=O) groups excluding carboxylic acids is 2. The molecule has 0 spiro atoms. The van der Waals surface area contributed by atoms with Crippen LogP contribution in [0.5, 0.6) is 0 Å². The molecule has 3 rings (SSSR count). The number of benzene rings is 2. The molecule has 150 valence electrons. The molecule has 3 amide bonds. The molecule has 0 aliphatic heterocycles. The van der Waals surface area contributed by atoms with Crippen LogP contribution in [-0.2, 0) is 0 Å². The summed E-state index contributed by atoms with van der Waals surface area (Å²) in [7, 11) is 0. The summed E-state index contributed by atoms with van der Waals surface area (Å²) in [5.41, 5.74) is 2.85. The molecule has 0 radical (unpaired) electrons. The van der Waals surface area contributed by atoms with Gasteiger partial charge in [0.1, 0.15) is 0 Å². The number of anilines is 2. The van der Waals surface area contributed by atoms with Crippen molar-refractivity contribution in [3.05, 3.63) is 71.0 Å². The molecule has 0 aliphatic rings. The first-order chi connectivity index (χ1) is 13.8. The van der Waals surface area contributed by atoms with E-state index >= 15 is 0 Å². The van der Waals surface area contributed by atoms with Crippen molar-refractivity contribution in [2.24, 2.45) is 0 Å². The average molecular weight is 412 g/mol. The van der Waals surface area contributed by atoms with E-state index in [1.807, 2.05) is 32.9 Å². The van der Waals surface area contributed by atoms with Crippen LogP contribution >= 0.6 is 11.6 Å². The molecule has 0 aliphatic carbocycles. The SMILES string of the molecule is Cc1c(C(=O)Nc2ccccc2NC(=O)NC(C)C)cnn1-c1cccc(Cl)c1. The second-order valence-corrected chi connectivity index (χ2v) is 7.22. The summed E-state index contributed by atoms with van der Waals surface area (Å²) in [4.78, 5) is 24.9. The molecule has 29 heavy (non-hydrogen) atoms. The van der Waals surface area contributed by atoms with Crippen molar-refractivity contribution in [1.82, 2.24) is 15.1 Å². The molecule has 0 bridgehead atoms. The van der Waals surface area contributed by atoms with Gasteiger partial charge in [-0.15, -0.1) is 0 Å². The normalized spacial score (nSPS) is 10.7. The fraction of sp³-hybridized carbons (Fsp3) is 0.190. The van der Waals surface area contributed by atoms with Crippen LogP contribution in [0.15, 0.2) is 54.7 Å². The van der Waals surface area contributed by atoms with Gasteiger partial charge in [0.15, 0.2) is 0 Å². The maximum absolute atomic E-state index is 12.8. The van der Waals surface area contributed by atoms with Gasteiger partial charge >= 0.3 is 6.03 Å². The van der Waals surface area contributed by atoms with Gasteiger partial charge in [-0.05, 0) is 51.1 Å². The number of rotatable bonds is 5. The van der Waals surface area contributed by atoms with E-state index in [1.165, 1.54) is 6.20 Å². The fourth-order valence-corrected chi connectivity index (χ4v) is 3.00. The van der Waals surface area contributed by atoms with Crippen molar-refractivity contribution in [1.29, 1.82) is 0 Å². The largest absolute Gasteiger partial charge is 0.336 e. The van der Waals surface area contributed by atoms with Crippen LogP contribution in [0.25, 0.3) is 5.69 Å². The van der Waals surface area contributed by atoms with Gasteiger partial charge in [0.25, 0.3) is 5.91 Å². The van der Waals surface area contributed by atoms with Crippen molar-refractivity contribution in [3.63, 3.8) is 0 Å². The van der Waals surface area contributed by atoms with E-state index in [2.05, 4.69) is 21.0 Å². The van der Waals surface area contributed by atoms with Crippen LogP contribution in [0.4, 0.5) is 16.2 Å². The van der Waals surface area contributed by atoms with Gasteiger partial charge in [-0.25, -0.2) is 9.48 Å². The summed E-state index contributed by atoms with van der Waals surface area (Å²) in [5.74, 6) is -0.325. The van der Waals surface area contributed by atoms with Crippen molar-refractivity contribution in [2.45, 2.75) is 26.8 Å². The lowest BCUT2D eigenvalue weighted by atomic mass is 10.2. The molecule has 1 heterocycles. The molecule has 0 saturated heterocycles. The van der Waals surface area contributed by atoms with Crippen molar-refractivity contribution in [2.75, 3.05) is 10.6 Å². The van der Waals surface area contributed by atoms with E-state index in [0.717, 1.165) is 5.69 Å². The van der Waals surface area contributed by atoms with Gasteiger partial charge in [-0.3, -0.25) is 4.79 Å². The Morgan fingerprint density at radius 2 is 1.72 bits per heavy atom. The molecule has 0 unspecified atom stereocenters. The van der Waals surface area contributed by atoms with Gasteiger partial charge in [0.05, 0.1) is 34.5 Å². The van der Waals surface area contributed by atoms with Crippen LogP contribution in [-0.4, -0.2) is 27.8 Å². The highest BCUT2D eigenvalue weighted by Crippen LogP contribution is 2.23. The number of amides is 3. The molecule has 1 aromatic heterocycles. The molecule has 3 N–H and O–H groups in total. The molecule has 7 nitrogen and oxygen atoms in total. The van der Waals surface area contributed by atoms with Crippen LogP contribution in [0, 0.1) is 6.92 Å². The summed E-state index contributed by atoms with van der Waals surface area (Å²) in [5, 5.41) is 13.2. The van der Waals surface area contributed by atoms with E-state index in [4.69, 9.17) is 11.6 Å². The molecule has 2 aromatic carbocycles. The lowest BCUT2D eigenvalue weighted by Gasteiger charge is -2.14. The second-order valence-electron chi connectivity index (χ2n) is 6.79. The first kappa shape index (κ1) is 20.4. The smallest absolute Gasteiger partial charge is 0.319 e. The number of urea groups is 1. The molecular formula is C21H22ClN5O2. The minimum Gasteiger partial charge on any atom is -0.336 e. The minimum absolute atomic E-state index is 0.00303. The topological polar surface area (TPSA) is 88.1 Å². The summed E-state index contributed by atoms with van der Waals surface area (Å²) >= 11 is 6.05. The highest BCUT2D eigenvalue weighted by atomic mass is 35.5. The Labute approximate surface area is 174 Å². The first-order valence-electron chi connectivity index (χ1n) is 9.13. The molecule has 0 atom stereocenters. The van der Waals surface area contributed by atoms with Crippen molar-refractivity contribution >= 4 is 34.9 Å². The molecule has 0 saturated carbocycles. The number of halogens is 1. The summed E-state index contributed by atoms with van der Waals surface area (Å²) in [6.45, 7) is 5.55. The first-order valence-corrected chi connectivity index (χ1v) is 9.51. The van der Waals surface area contributed by atoms with Crippen LogP contribution in [0.2, 0.25) is 5.02 Å². The third-order valence-electron chi connectivity index (χ3n) is 4.15. The fourth-order valence-electron chi connectivity index (χ4n) is 2.81. The maximum atomic E-state index is 12.8. The lowest BCUT2D eigenvalue weighted by Crippen LogP contribution is -2.34. The maximum Gasteiger partial charge on any atom is 0.319 e. The number of aromatic nitrogens is 2. The molecule has 8 heteroatoms. The zero-order valence-electron chi connectivity index (χ0n) is 16.4. The standard InChI is InChI=1S/C21H22ClN5O2/c1-13(2)24-21(29)26-19-10-5-4-9-18(19)25-20(28)17-12-23-27(14(17)3)16-8-6-7-15(22)11-16/h4-13H,1-3H3,(H,25,28)(H2,24,26,29). The Kier molecular flexibility index (Phi) is 6.19. The van der Waals surface area contributed by atoms with E-state index in [0.29, 0.717) is 27.7 Å². The van der Waals surface area contributed by atoms with E-state index < -0.39 is 0 Å². The van der Waals surface area contributed by atoms with Gasteiger partial charge in [-0.2, -0.15) is 5.10 Å². The van der Waals surface area contributed by atoms with Crippen LogP contribution in [0.3, 0.4) is 0 Å². The van der Waals surface area contributed by atoms with Gasteiger partial charge < -0.3 is 16.0 Å². The number of nitrogens with one attached hydrogen (secondary N) is 3. The Morgan fingerprint density at radius 3 is 2.38 bits per heavy atom. The molecule has 0 fully saturated rings. The quantitative estimate of drug-likeness (QED) is 0.572. The van der Waals surface area contributed by atoms with E-state index in [1.54, 1.807) is 41.1 Å². The third kappa shape index (κ3) is 4.94. The number of carbonyl (C=O) groups is 2. The second kappa shape index (κ2) is 8.79. The zero-order valence-corrected chi connectivity index (χ0v) is 17.1. The lowest BCUT2D eigenvalue weighted by molar-refractivity contribution is 0.102. The summed E-state index contributed by atoms with van der Waals surface area (Å²) in [6.07, 6.45) is 1.51. The highest BCUT2D eigenvalue weighted by Gasteiger charge is 2.17. The van der Waals surface area contributed by atoms with E-state index in [-0.39, 0.29) is 18.0 Å². The highest BCUT2D eigenvalue weighted by molar-refractivity contribution is 6.30. The number of nitrogens with zero attached hydrogens (tertiary/aromatic N) is 2. The Hall–Kier alpha value is -3.32. The number of para-hydroxylation sites is 2.